The zero-order valence-corrected chi connectivity index (χ0v) is 14.9. The van der Waals surface area contributed by atoms with Crippen LogP contribution < -0.4 is 9.80 Å². The molecule has 0 saturated carbocycles. The first kappa shape index (κ1) is 17.4. The summed E-state index contributed by atoms with van der Waals surface area (Å²) >= 11 is 6.05. The SMILES string of the molecule is O=[N+]([O-])c1cc(F)cnc1N1CCN(c2ccnc3cc(Cl)ccc23)CC1. The number of fused-ring (bicyclic) bond motifs is 1. The molecule has 4 rings (SSSR count). The number of piperazine rings is 1. The van der Waals surface area contributed by atoms with E-state index in [1.165, 1.54) is 0 Å². The molecule has 1 fully saturated rings. The van der Waals surface area contributed by atoms with Gasteiger partial charge in [0, 0.05) is 48.5 Å². The average Bonchev–Trinajstić information content (AvgIpc) is 2.67. The number of hydrogen-bond acceptors (Lipinski definition) is 6. The summed E-state index contributed by atoms with van der Waals surface area (Å²) in [6.45, 7) is 2.38. The fourth-order valence-electron chi connectivity index (χ4n) is 3.34. The van der Waals surface area contributed by atoms with Crippen molar-refractivity contribution >= 4 is 39.7 Å². The van der Waals surface area contributed by atoms with Crippen molar-refractivity contribution in [2.75, 3.05) is 36.0 Å². The Balaban J connectivity index is 1.58. The average molecular weight is 388 g/mol. The molecule has 0 unspecified atom stereocenters. The third kappa shape index (κ3) is 3.35. The molecule has 27 heavy (non-hydrogen) atoms. The molecule has 3 heterocycles. The Kier molecular flexibility index (Phi) is 4.49. The van der Waals surface area contributed by atoms with Crippen LogP contribution >= 0.6 is 11.6 Å². The van der Waals surface area contributed by atoms with Crippen LogP contribution in [0.25, 0.3) is 10.9 Å². The molecule has 2 aromatic heterocycles. The number of halogens is 2. The molecule has 1 saturated heterocycles. The van der Waals surface area contributed by atoms with Crippen LogP contribution in [0.5, 0.6) is 0 Å². The maximum atomic E-state index is 13.3. The zero-order valence-electron chi connectivity index (χ0n) is 14.2. The number of nitro groups is 1. The molecule has 1 aliphatic heterocycles. The predicted octanol–water partition coefficient (Wildman–Crippen LogP) is 3.66. The van der Waals surface area contributed by atoms with Gasteiger partial charge in [0.25, 0.3) is 0 Å². The van der Waals surface area contributed by atoms with Crippen LogP contribution in [0, 0.1) is 15.9 Å². The number of hydrogen-bond donors (Lipinski definition) is 0. The lowest BCUT2D eigenvalue weighted by molar-refractivity contribution is -0.384. The first-order valence-corrected chi connectivity index (χ1v) is 8.75. The van der Waals surface area contributed by atoms with Gasteiger partial charge in [-0.1, -0.05) is 11.6 Å². The Hall–Kier alpha value is -3.00. The molecule has 1 aliphatic rings. The van der Waals surface area contributed by atoms with Gasteiger partial charge in [-0.05, 0) is 24.3 Å². The van der Waals surface area contributed by atoms with Gasteiger partial charge in [0.05, 0.1) is 22.7 Å². The van der Waals surface area contributed by atoms with Crippen LogP contribution in [-0.4, -0.2) is 41.1 Å². The van der Waals surface area contributed by atoms with E-state index in [1.807, 2.05) is 29.2 Å². The van der Waals surface area contributed by atoms with Gasteiger partial charge in [0.2, 0.25) is 5.82 Å². The molecule has 0 atom stereocenters. The van der Waals surface area contributed by atoms with E-state index in [-0.39, 0.29) is 11.5 Å². The summed E-state index contributed by atoms with van der Waals surface area (Å²) in [5, 5.41) is 12.9. The van der Waals surface area contributed by atoms with Gasteiger partial charge in [-0.25, -0.2) is 9.37 Å². The lowest BCUT2D eigenvalue weighted by Crippen LogP contribution is -2.47. The van der Waals surface area contributed by atoms with Crippen molar-refractivity contribution < 1.29 is 9.31 Å². The van der Waals surface area contributed by atoms with Crippen molar-refractivity contribution in [3.8, 4) is 0 Å². The van der Waals surface area contributed by atoms with E-state index >= 15 is 0 Å². The first-order chi connectivity index (χ1) is 13.0. The molecule has 9 heteroatoms. The third-order valence-electron chi connectivity index (χ3n) is 4.61. The molecule has 0 amide bonds. The lowest BCUT2D eigenvalue weighted by Gasteiger charge is -2.36. The van der Waals surface area contributed by atoms with Crippen molar-refractivity contribution in [1.82, 2.24) is 9.97 Å². The van der Waals surface area contributed by atoms with Crippen LogP contribution in [0.1, 0.15) is 0 Å². The van der Waals surface area contributed by atoms with E-state index in [2.05, 4.69) is 14.9 Å². The summed E-state index contributed by atoms with van der Waals surface area (Å²) in [7, 11) is 0. The van der Waals surface area contributed by atoms with Gasteiger partial charge >= 0.3 is 5.69 Å². The summed E-state index contributed by atoms with van der Waals surface area (Å²) in [5.74, 6) is -0.515. The minimum atomic E-state index is -0.717. The van der Waals surface area contributed by atoms with E-state index < -0.39 is 10.7 Å². The second-order valence-corrected chi connectivity index (χ2v) is 6.66. The molecule has 1 aromatic carbocycles. The highest BCUT2D eigenvalue weighted by atomic mass is 35.5. The molecule has 3 aromatic rings. The number of anilines is 2. The predicted molar refractivity (Wildman–Crippen MR) is 102 cm³/mol. The van der Waals surface area contributed by atoms with Gasteiger partial charge in [0.15, 0.2) is 0 Å². The molecule has 7 nitrogen and oxygen atoms in total. The van der Waals surface area contributed by atoms with Gasteiger partial charge in [-0.2, -0.15) is 0 Å². The minimum Gasteiger partial charge on any atom is -0.367 e. The van der Waals surface area contributed by atoms with Crippen LogP contribution in [-0.2, 0) is 0 Å². The highest BCUT2D eigenvalue weighted by Crippen LogP contribution is 2.31. The zero-order chi connectivity index (χ0) is 19.0. The molecule has 0 radical (unpaired) electrons. The van der Waals surface area contributed by atoms with E-state index in [0.29, 0.717) is 31.2 Å². The lowest BCUT2D eigenvalue weighted by atomic mass is 10.1. The Morgan fingerprint density at radius 1 is 1.07 bits per heavy atom. The second-order valence-electron chi connectivity index (χ2n) is 6.22. The number of aromatic nitrogens is 2. The maximum Gasteiger partial charge on any atom is 0.314 e. The van der Waals surface area contributed by atoms with Crippen LogP contribution in [0.4, 0.5) is 21.6 Å². The largest absolute Gasteiger partial charge is 0.367 e. The Bertz CT molecular complexity index is 1020. The quantitative estimate of drug-likeness (QED) is 0.504. The monoisotopic (exact) mass is 387 g/mol. The van der Waals surface area contributed by atoms with Crippen LogP contribution in [0.3, 0.4) is 0 Å². The third-order valence-corrected chi connectivity index (χ3v) is 4.85. The van der Waals surface area contributed by atoms with Crippen molar-refractivity contribution in [1.29, 1.82) is 0 Å². The molecule has 0 bridgehead atoms. The fraction of sp³-hybridized carbons (Fsp3) is 0.222. The van der Waals surface area contributed by atoms with Gasteiger partial charge in [-0.15, -0.1) is 0 Å². The topological polar surface area (TPSA) is 75.4 Å². The maximum absolute atomic E-state index is 13.3. The number of benzene rings is 1. The van der Waals surface area contributed by atoms with E-state index in [0.717, 1.165) is 28.9 Å². The highest BCUT2D eigenvalue weighted by molar-refractivity contribution is 6.31. The standard InChI is InChI=1S/C18H15ClFN5O2/c19-12-1-2-14-15(9-12)21-4-3-16(14)23-5-7-24(8-6-23)18-17(25(26)27)10-13(20)11-22-18/h1-4,9-11H,5-8H2. The molecule has 0 spiro atoms. The van der Waals surface area contributed by atoms with Crippen molar-refractivity contribution in [2.24, 2.45) is 0 Å². The van der Waals surface area contributed by atoms with Gasteiger partial charge < -0.3 is 9.80 Å². The summed E-state index contributed by atoms with van der Waals surface area (Å²) in [6, 6.07) is 8.46. The van der Waals surface area contributed by atoms with Crippen LogP contribution in [0.15, 0.2) is 42.7 Å². The molecule has 138 valence electrons. The fourth-order valence-corrected chi connectivity index (χ4v) is 3.51. The van der Waals surface area contributed by atoms with Gasteiger partial charge in [0.1, 0.15) is 5.82 Å². The van der Waals surface area contributed by atoms with Crippen LogP contribution in [0.2, 0.25) is 5.02 Å². The summed E-state index contributed by atoms with van der Waals surface area (Å²) < 4.78 is 13.3. The van der Waals surface area contributed by atoms with E-state index in [4.69, 9.17) is 11.6 Å². The van der Waals surface area contributed by atoms with Crippen molar-refractivity contribution in [3.05, 3.63) is 63.7 Å². The molecule has 0 N–H and O–H groups in total. The number of nitrogens with zero attached hydrogens (tertiary/aromatic N) is 5. The van der Waals surface area contributed by atoms with Gasteiger partial charge in [-0.3, -0.25) is 15.1 Å². The molecule has 0 aliphatic carbocycles. The summed E-state index contributed by atoms with van der Waals surface area (Å²) in [5.41, 5.74) is 1.55. The second kappa shape index (κ2) is 6.96. The van der Waals surface area contributed by atoms with Crippen molar-refractivity contribution in [2.45, 2.75) is 0 Å². The minimum absolute atomic E-state index is 0.201. The molecular weight excluding hydrogens is 373 g/mol. The molecular formula is C18H15ClFN5O2. The summed E-state index contributed by atoms with van der Waals surface area (Å²) in [6.07, 6.45) is 2.75. The van der Waals surface area contributed by atoms with E-state index in [1.54, 1.807) is 6.20 Å². The smallest absolute Gasteiger partial charge is 0.314 e. The highest BCUT2D eigenvalue weighted by Gasteiger charge is 2.26. The first-order valence-electron chi connectivity index (χ1n) is 8.37. The van der Waals surface area contributed by atoms with Crippen molar-refractivity contribution in [3.63, 3.8) is 0 Å². The Morgan fingerprint density at radius 3 is 2.56 bits per heavy atom. The van der Waals surface area contributed by atoms with E-state index in [9.17, 15) is 14.5 Å². The Labute approximate surface area is 159 Å². The number of rotatable bonds is 3. The summed E-state index contributed by atoms with van der Waals surface area (Å²) in [4.78, 5) is 22.9. The Morgan fingerprint density at radius 2 is 1.81 bits per heavy atom. The normalized spacial score (nSPS) is 14.6. The number of pyridine rings is 2.